The second-order valence-corrected chi connectivity index (χ2v) is 12.9. The van der Waals surface area contributed by atoms with E-state index >= 15 is 0 Å². The summed E-state index contributed by atoms with van der Waals surface area (Å²) in [6.07, 6.45) is 0.801. The van der Waals surface area contributed by atoms with Gasteiger partial charge in [0.1, 0.15) is 0 Å². The molecule has 3 saturated carbocycles. The number of ether oxygens (including phenoxy) is 1. The van der Waals surface area contributed by atoms with Gasteiger partial charge in [-0.1, -0.05) is 11.6 Å². The van der Waals surface area contributed by atoms with Gasteiger partial charge < -0.3 is 20.1 Å². The van der Waals surface area contributed by atoms with E-state index in [-0.39, 0.29) is 58.2 Å². The number of anilines is 1. The van der Waals surface area contributed by atoms with Gasteiger partial charge in [-0.25, -0.2) is 21.6 Å². The number of hydrogen-bond donors (Lipinski definition) is 2. The minimum atomic E-state index is -4.05. The van der Waals surface area contributed by atoms with Crippen molar-refractivity contribution in [2.24, 2.45) is 11.8 Å². The van der Waals surface area contributed by atoms with E-state index in [0.29, 0.717) is 44.9 Å². The molecule has 2 atom stereocenters. The molecule has 2 N–H and O–H groups in total. The zero-order chi connectivity index (χ0) is 28.1. The highest BCUT2D eigenvalue weighted by molar-refractivity contribution is 7.92. The van der Waals surface area contributed by atoms with Crippen molar-refractivity contribution in [3.05, 3.63) is 58.4 Å². The Labute approximate surface area is 228 Å². The molecule has 8 nitrogen and oxygen atoms in total. The van der Waals surface area contributed by atoms with E-state index in [2.05, 4.69) is 5.32 Å². The number of benzene rings is 2. The smallest absolute Gasteiger partial charge is 0.255 e. The van der Waals surface area contributed by atoms with E-state index in [9.17, 15) is 36.3 Å². The fourth-order valence-corrected chi connectivity index (χ4v) is 8.24. The molecule has 3 aliphatic carbocycles. The van der Waals surface area contributed by atoms with E-state index in [1.54, 1.807) is 4.90 Å². The first kappa shape index (κ1) is 27.9. The van der Waals surface area contributed by atoms with Gasteiger partial charge in [-0.15, -0.1) is 0 Å². The number of fused-ring (bicyclic) bond motifs is 2. The van der Waals surface area contributed by atoms with Crippen LogP contribution in [-0.4, -0.2) is 67.4 Å². The first-order valence-corrected chi connectivity index (χ1v) is 14.4. The molecule has 1 saturated heterocycles. The Kier molecular flexibility index (Phi) is 7.42. The van der Waals surface area contributed by atoms with Crippen LogP contribution in [0.3, 0.4) is 0 Å². The van der Waals surface area contributed by atoms with Crippen molar-refractivity contribution in [2.75, 3.05) is 31.6 Å². The van der Waals surface area contributed by atoms with Crippen molar-refractivity contribution in [3.63, 3.8) is 0 Å². The molecule has 0 aromatic heterocycles. The molecule has 2 bridgehead atoms. The summed E-state index contributed by atoms with van der Waals surface area (Å²) in [5.74, 6) is -6.49. The van der Waals surface area contributed by atoms with Crippen LogP contribution in [0, 0.1) is 29.3 Å². The third-order valence-corrected chi connectivity index (χ3v) is 10.7. The highest BCUT2D eigenvalue weighted by Gasteiger charge is 2.60. The van der Waals surface area contributed by atoms with E-state index in [0.717, 1.165) is 6.07 Å². The van der Waals surface area contributed by atoms with Gasteiger partial charge in [-0.05, 0) is 49.3 Å². The van der Waals surface area contributed by atoms with Crippen molar-refractivity contribution < 1.29 is 41.0 Å². The second kappa shape index (κ2) is 10.4. The largest absolute Gasteiger partial charge is 0.389 e. The van der Waals surface area contributed by atoms with Crippen LogP contribution in [0.5, 0.6) is 0 Å². The van der Waals surface area contributed by atoms with Crippen LogP contribution in [0.1, 0.15) is 36.0 Å². The highest BCUT2D eigenvalue weighted by Crippen LogP contribution is 2.57. The van der Waals surface area contributed by atoms with Crippen molar-refractivity contribution >= 4 is 38.9 Å². The summed E-state index contributed by atoms with van der Waals surface area (Å²) >= 11 is 6.22. The van der Waals surface area contributed by atoms with E-state index < -0.39 is 44.0 Å². The number of rotatable bonds is 6. The highest BCUT2D eigenvalue weighted by atomic mass is 35.5. The number of nitrogens with one attached hydrogen (secondary N) is 1. The number of carbonyl (C=O) groups is 2. The lowest BCUT2D eigenvalue weighted by atomic mass is 9.52. The van der Waals surface area contributed by atoms with Gasteiger partial charge in [0.05, 0.1) is 40.4 Å². The van der Waals surface area contributed by atoms with Crippen LogP contribution in [0.2, 0.25) is 5.02 Å². The van der Waals surface area contributed by atoms with Crippen LogP contribution in [-0.2, 0) is 19.4 Å². The number of hydrogen-bond acceptors (Lipinski definition) is 6. The maximum Gasteiger partial charge on any atom is 0.255 e. The van der Waals surface area contributed by atoms with Gasteiger partial charge in [-0.3, -0.25) is 9.59 Å². The van der Waals surface area contributed by atoms with Crippen molar-refractivity contribution in [3.8, 4) is 0 Å². The summed E-state index contributed by atoms with van der Waals surface area (Å²) in [6, 6.07) is 4.77. The molecule has 4 fully saturated rings. The average molecular weight is 587 g/mol. The minimum Gasteiger partial charge on any atom is -0.389 e. The lowest BCUT2D eigenvalue weighted by Crippen LogP contribution is -2.63. The normalized spacial score (nSPS) is 26.6. The summed E-state index contributed by atoms with van der Waals surface area (Å²) in [5.41, 5.74) is -1.77. The molecular formula is C26H26ClF3N2O6S. The number of amides is 2. The monoisotopic (exact) mass is 586 g/mol. The molecule has 210 valence electrons. The Morgan fingerprint density at radius 1 is 1.05 bits per heavy atom. The number of aliphatic hydroxyl groups is 1. The molecule has 1 heterocycles. The van der Waals surface area contributed by atoms with Gasteiger partial charge >= 0.3 is 0 Å². The predicted octanol–water partition coefficient (Wildman–Crippen LogP) is 3.56. The van der Waals surface area contributed by atoms with Gasteiger partial charge in [0, 0.05) is 36.5 Å². The van der Waals surface area contributed by atoms with Gasteiger partial charge in [-0.2, -0.15) is 0 Å². The fourth-order valence-electron chi connectivity index (χ4n) is 5.84. The maximum absolute atomic E-state index is 13.6. The molecule has 6 rings (SSSR count). The summed E-state index contributed by atoms with van der Waals surface area (Å²) in [4.78, 5) is 26.8. The zero-order valence-corrected chi connectivity index (χ0v) is 22.2. The molecule has 0 spiro atoms. The Morgan fingerprint density at radius 2 is 1.67 bits per heavy atom. The molecule has 2 aromatic carbocycles. The lowest BCUT2D eigenvalue weighted by molar-refractivity contribution is -0.188. The van der Waals surface area contributed by atoms with Gasteiger partial charge in [0.25, 0.3) is 5.91 Å². The lowest BCUT2D eigenvalue weighted by Gasteiger charge is -2.58. The van der Waals surface area contributed by atoms with Crippen LogP contribution < -0.4 is 5.32 Å². The third-order valence-electron chi connectivity index (χ3n) is 8.06. The standard InChI is InChI=1S/C26H26ClF3N2O6S/c27-19-2-1-14(25(34)31-17-11-20(28)24(30)21(29)12-17)7-22(19)39(36,37)18-9-15-8-16(10-18)26(15,35)13-23(33)32-3-5-38-6-4-32/h1-2,7,11-12,15-16,18,35H,3-6,8-10,13H2,(H,31,34). The Morgan fingerprint density at radius 3 is 2.28 bits per heavy atom. The summed E-state index contributed by atoms with van der Waals surface area (Å²) in [5, 5.41) is 12.5. The molecule has 1 aliphatic heterocycles. The van der Waals surface area contributed by atoms with Crippen LogP contribution in [0.4, 0.5) is 18.9 Å². The Hall–Kier alpha value is -2.67. The van der Waals surface area contributed by atoms with Gasteiger partial charge in [0.15, 0.2) is 27.3 Å². The molecule has 4 aliphatic rings. The predicted molar refractivity (Wildman–Crippen MR) is 134 cm³/mol. The van der Waals surface area contributed by atoms with Crippen molar-refractivity contribution in [2.45, 2.75) is 41.4 Å². The molecule has 2 unspecified atom stereocenters. The minimum absolute atomic E-state index is 0.0733. The van der Waals surface area contributed by atoms with Crippen molar-refractivity contribution in [1.82, 2.24) is 4.90 Å². The molecule has 39 heavy (non-hydrogen) atoms. The second-order valence-electron chi connectivity index (χ2n) is 10.3. The third kappa shape index (κ3) is 5.15. The zero-order valence-electron chi connectivity index (χ0n) is 20.6. The first-order valence-electron chi connectivity index (χ1n) is 12.5. The number of halogens is 4. The van der Waals surface area contributed by atoms with E-state index in [4.69, 9.17) is 16.3 Å². The average Bonchev–Trinajstić information content (AvgIpc) is 2.92. The number of carbonyl (C=O) groups excluding carboxylic acids is 2. The van der Waals surface area contributed by atoms with Crippen LogP contribution >= 0.6 is 11.6 Å². The molecule has 2 aromatic rings. The Bertz CT molecular complexity index is 1400. The topological polar surface area (TPSA) is 113 Å². The number of morpholine rings is 1. The number of sulfone groups is 1. The molecule has 2 amide bonds. The van der Waals surface area contributed by atoms with Crippen LogP contribution in [0.25, 0.3) is 0 Å². The summed E-state index contributed by atoms with van der Waals surface area (Å²) < 4.78 is 72.7. The fraction of sp³-hybridized carbons (Fsp3) is 0.462. The number of nitrogens with zero attached hydrogens (tertiary/aromatic N) is 1. The molecular weight excluding hydrogens is 561 g/mol. The maximum atomic E-state index is 13.6. The first-order chi connectivity index (χ1) is 18.4. The summed E-state index contributed by atoms with van der Waals surface area (Å²) in [7, 11) is -4.05. The van der Waals surface area contributed by atoms with Crippen molar-refractivity contribution in [1.29, 1.82) is 0 Å². The Balaban J connectivity index is 1.30. The quantitative estimate of drug-likeness (QED) is 0.501. The summed E-state index contributed by atoms with van der Waals surface area (Å²) in [6.45, 7) is 1.78. The van der Waals surface area contributed by atoms with Crippen LogP contribution in [0.15, 0.2) is 35.2 Å². The van der Waals surface area contributed by atoms with E-state index in [1.807, 2.05) is 0 Å². The van der Waals surface area contributed by atoms with Gasteiger partial charge in [0.2, 0.25) is 5.91 Å². The van der Waals surface area contributed by atoms with E-state index in [1.165, 1.54) is 12.1 Å². The molecule has 13 heteroatoms. The molecule has 0 radical (unpaired) electrons. The SMILES string of the molecule is O=C(Nc1cc(F)c(F)c(F)c1)c1ccc(Cl)c(S(=O)(=O)C2CC3CC(C2)C3(O)CC(=O)N2CCOCC2)c1.